The third-order valence-corrected chi connectivity index (χ3v) is 4.14. The van der Waals surface area contributed by atoms with E-state index in [1.54, 1.807) is 16.2 Å². The summed E-state index contributed by atoms with van der Waals surface area (Å²) in [5.41, 5.74) is 1.58. The number of hydrogen-bond acceptors (Lipinski definition) is 4. The minimum absolute atomic E-state index is 0.119. The Morgan fingerprint density at radius 1 is 1.32 bits per heavy atom. The summed E-state index contributed by atoms with van der Waals surface area (Å²) in [6.07, 6.45) is 1.17. The van der Waals surface area contributed by atoms with Crippen molar-refractivity contribution in [2.45, 2.75) is 31.6 Å². The number of ether oxygens (including phenoxy) is 2. The minimum atomic E-state index is -0.702. The van der Waals surface area contributed by atoms with Gasteiger partial charge in [-0.25, -0.2) is 4.79 Å². The van der Waals surface area contributed by atoms with Crippen molar-refractivity contribution < 1.29 is 14.6 Å². The summed E-state index contributed by atoms with van der Waals surface area (Å²) in [5, 5.41) is 10.2. The van der Waals surface area contributed by atoms with Gasteiger partial charge < -0.3 is 14.6 Å². The second-order valence-corrected chi connectivity index (χ2v) is 5.74. The molecule has 0 saturated carbocycles. The van der Waals surface area contributed by atoms with Crippen molar-refractivity contribution in [2.75, 3.05) is 19.8 Å². The molecule has 0 bridgehead atoms. The SMILES string of the molecule is Cn1c(=O)n(CC(O)COC2CCOCC2)c2ccccc21. The number of rotatable bonds is 5. The highest BCUT2D eigenvalue weighted by Gasteiger charge is 2.18. The van der Waals surface area contributed by atoms with Crippen LogP contribution in [-0.4, -0.2) is 46.3 Å². The zero-order chi connectivity index (χ0) is 15.5. The van der Waals surface area contributed by atoms with Crippen LogP contribution in [0.5, 0.6) is 0 Å². The number of hydrogen-bond donors (Lipinski definition) is 1. The highest BCUT2D eigenvalue weighted by Crippen LogP contribution is 2.13. The fraction of sp³-hybridized carbons (Fsp3) is 0.562. The van der Waals surface area contributed by atoms with E-state index in [0.717, 1.165) is 23.9 Å². The first-order valence-electron chi connectivity index (χ1n) is 7.68. The molecule has 3 rings (SSSR count). The van der Waals surface area contributed by atoms with E-state index < -0.39 is 6.10 Å². The first-order chi connectivity index (χ1) is 10.7. The number of aromatic nitrogens is 2. The molecule has 2 aromatic rings. The number of fused-ring (bicyclic) bond motifs is 1. The Balaban J connectivity index is 1.67. The number of nitrogens with zero attached hydrogens (tertiary/aromatic N) is 2. The van der Waals surface area contributed by atoms with Gasteiger partial charge >= 0.3 is 5.69 Å². The molecule has 6 heteroatoms. The molecule has 1 fully saturated rings. The molecule has 0 spiro atoms. The summed E-state index contributed by atoms with van der Waals surface area (Å²) >= 11 is 0. The van der Waals surface area contributed by atoms with Crippen LogP contribution < -0.4 is 5.69 Å². The molecule has 1 aliphatic rings. The normalized spacial score (nSPS) is 17.9. The third-order valence-electron chi connectivity index (χ3n) is 4.14. The van der Waals surface area contributed by atoms with Crippen molar-refractivity contribution in [3.05, 3.63) is 34.7 Å². The Bertz CT molecular complexity index is 685. The summed E-state index contributed by atoms with van der Waals surface area (Å²) in [6.45, 7) is 1.90. The average molecular weight is 306 g/mol. The number of benzene rings is 1. The molecular weight excluding hydrogens is 284 g/mol. The number of aliphatic hydroxyl groups is 1. The molecular formula is C16H22N2O4. The van der Waals surface area contributed by atoms with Gasteiger partial charge in [-0.3, -0.25) is 9.13 Å². The second-order valence-electron chi connectivity index (χ2n) is 5.74. The van der Waals surface area contributed by atoms with Gasteiger partial charge in [0.05, 0.1) is 36.4 Å². The molecule has 1 N–H and O–H groups in total. The van der Waals surface area contributed by atoms with Crippen LogP contribution in [0, 0.1) is 0 Å². The Morgan fingerprint density at radius 3 is 2.73 bits per heavy atom. The van der Waals surface area contributed by atoms with E-state index in [4.69, 9.17) is 9.47 Å². The van der Waals surface area contributed by atoms with Gasteiger partial charge in [0.1, 0.15) is 0 Å². The molecule has 1 aromatic carbocycles. The van der Waals surface area contributed by atoms with Crippen molar-refractivity contribution in [2.24, 2.45) is 7.05 Å². The highest BCUT2D eigenvalue weighted by atomic mass is 16.5. The van der Waals surface area contributed by atoms with Crippen molar-refractivity contribution in [3.63, 3.8) is 0 Å². The molecule has 0 amide bonds. The molecule has 6 nitrogen and oxygen atoms in total. The molecule has 1 aromatic heterocycles. The number of imidazole rings is 1. The Labute approximate surface area is 128 Å². The van der Waals surface area contributed by atoms with Gasteiger partial charge in [0.25, 0.3) is 0 Å². The Kier molecular flexibility index (Phi) is 4.61. The van der Waals surface area contributed by atoms with Crippen LogP contribution in [0.2, 0.25) is 0 Å². The molecule has 1 saturated heterocycles. The van der Waals surface area contributed by atoms with Gasteiger partial charge in [0.2, 0.25) is 0 Å². The van der Waals surface area contributed by atoms with Crippen LogP contribution >= 0.6 is 0 Å². The van der Waals surface area contributed by atoms with Gasteiger partial charge in [0, 0.05) is 20.3 Å². The van der Waals surface area contributed by atoms with Crippen molar-refractivity contribution in [1.82, 2.24) is 9.13 Å². The minimum Gasteiger partial charge on any atom is -0.389 e. The second kappa shape index (κ2) is 6.64. The zero-order valence-electron chi connectivity index (χ0n) is 12.8. The maximum atomic E-state index is 12.3. The molecule has 1 unspecified atom stereocenters. The van der Waals surface area contributed by atoms with Crippen LogP contribution in [0.3, 0.4) is 0 Å². The third kappa shape index (κ3) is 3.09. The lowest BCUT2D eigenvalue weighted by molar-refractivity contribution is -0.0617. The summed E-state index contributed by atoms with van der Waals surface area (Å²) in [6, 6.07) is 7.58. The van der Waals surface area contributed by atoms with E-state index in [-0.39, 0.29) is 24.9 Å². The maximum absolute atomic E-state index is 12.3. The number of para-hydroxylation sites is 2. The van der Waals surface area contributed by atoms with E-state index in [1.165, 1.54) is 0 Å². The summed E-state index contributed by atoms with van der Waals surface area (Å²) in [5.74, 6) is 0. The molecule has 2 heterocycles. The highest BCUT2D eigenvalue weighted by molar-refractivity contribution is 5.75. The maximum Gasteiger partial charge on any atom is 0.328 e. The summed E-state index contributed by atoms with van der Waals surface area (Å²) < 4.78 is 14.2. The van der Waals surface area contributed by atoms with Gasteiger partial charge in [0.15, 0.2) is 0 Å². The van der Waals surface area contributed by atoms with Crippen LogP contribution in [0.1, 0.15) is 12.8 Å². The Morgan fingerprint density at radius 2 is 2.00 bits per heavy atom. The van der Waals surface area contributed by atoms with Crippen molar-refractivity contribution >= 4 is 11.0 Å². The van der Waals surface area contributed by atoms with Crippen LogP contribution in [0.25, 0.3) is 11.0 Å². The number of aliphatic hydroxyl groups excluding tert-OH is 1. The van der Waals surface area contributed by atoms with Crippen LogP contribution in [0.15, 0.2) is 29.1 Å². The van der Waals surface area contributed by atoms with Gasteiger partial charge in [-0.2, -0.15) is 0 Å². The van der Waals surface area contributed by atoms with E-state index in [1.807, 2.05) is 24.3 Å². The van der Waals surface area contributed by atoms with Gasteiger partial charge in [-0.15, -0.1) is 0 Å². The zero-order valence-corrected chi connectivity index (χ0v) is 12.8. The molecule has 120 valence electrons. The first-order valence-corrected chi connectivity index (χ1v) is 7.68. The fourth-order valence-electron chi connectivity index (χ4n) is 2.89. The topological polar surface area (TPSA) is 65.6 Å². The van der Waals surface area contributed by atoms with E-state index in [0.29, 0.717) is 13.2 Å². The van der Waals surface area contributed by atoms with E-state index in [9.17, 15) is 9.90 Å². The average Bonchev–Trinajstić information content (AvgIpc) is 2.79. The van der Waals surface area contributed by atoms with Gasteiger partial charge in [-0.05, 0) is 25.0 Å². The molecule has 1 aliphatic heterocycles. The molecule has 1 atom stereocenters. The predicted octanol–water partition coefficient (Wildman–Crippen LogP) is 0.896. The fourth-order valence-corrected chi connectivity index (χ4v) is 2.89. The van der Waals surface area contributed by atoms with E-state index >= 15 is 0 Å². The largest absolute Gasteiger partial charge is 0.389 e. The standard InChI is InChI=1S/C16H22N2O4/c1-17-14-4-2-3-5-15(14)18(16(17)20)10-12(19)11-22-13-6-8-21-9-7-13/h2-5,12-13,19H,6-11H2,1H3. The lowest BCUT2D eigenvalue weighted by Crippen LogP contribution is -2.32. The predicted molar refractivity (Wildman–Crippen MR) is 83.0 cm³/mol. The Hall–Kier alpha value is -1.63. The number of aryl methyl sites for hydroxylation is 1. The molecule has 22 heavy (non-hydrogen) atoms. The van der Waals surface area contributed by atoms with Crippen LogP contribution in [0.4, 0.5) is 0 Å². The van der Waals surface area contributed by atoms with Crippen LogP contribution in [-0.2, 0) is 23.1 Å². The molecule has 0 radical (unpaired) electrons. The van der Waals surface area contributed by atoms with Crippen molar-refractivity contribution in [3.8, 4) is 0 Å². The smallest absolute Gasteiger partial charge is 0.328 e. The van der Waals surface area contributed by atoms with E-state index in [2.05, 4.69) is 0 Å². The quantitative estimate of drug-likeness (QED) is 0.891. The first kappa shape index (κ1) is 15.3. The van der Waals surface area contributed by atoms with Gasteiger partial charge in [-0.1, -0.05) is 12.1 Å². The molecule has 0 aliphatic carbocycles. The van der Waals surface area contributed by atoms with Crippen molar-refractivity contribution in [1.29, 1.82) is 0 Å². The monoisotopic (exact) mass is 306 g/mol. The lowest BCUT2D eigenvalue weighted by Gasteiger charge is -2.23. The summed E-state index contributed by atoms with van der Waals surface area (Å²) in [7, 11) is 1.74. The lowest BCUT2D eigenvalue weighted by atomic mass is 10.1. The summed E-state index contributed by atoms with van der Waals surface area (Å²) in [4.78, 5) is 12.3.